The number of hydrogen-bond acceptors (Lipinski definition) is 4. The van der Waals surface area contributed by atoms with Crippen LogP contribution < -0.4 is 21.1 Å². The number of benzene rings is 1. The number of carbonyl (C=O) groups excluding carboxylic acids is 1. The van der Waals surface area contributed by atoms with E-state index in [4.69, 9.17) is 18.0 Å². The van der Waals surface area contributed by atoms with Crippen molar-refractivity contribution < 1.29 is 13.2 Å². The highest BCUT2D eigenvalue weighted by molar-refractivity contribution is 7.88. The van der Waals surface area contributed by atoms with Crippen molar-refractivity contribution in [1.29, 1.82) is 0 Å². The molecule has 0 radical (unpaired) electrons. The second-order valence-electron chi connectivity index (χ2n) is 5.30. The molecule has 1 aliphatic carbocycles. The van der Waals surface area contributed by atoms with Crippen LogP contribution in [0.15, 0.2) is 24.3 Å². The molecule has 5 N–H and O–H groups in total. The van der Waals surface area contributed by atoms with Crippen LogP contribution in [0, 0.1) is 0 Å². The molecule has 22 heavy (non-hydrogen) atoms. The Kier molecular flexibility index (Phi) is 4.99. The summed E-state index contributed by atoms with van der Waals surface area (Å²) in [7, 11) is -3.17. The number of primary amides is 1. The van der Waals surface area contributed by atoms with E-state index in [1.807, 2.05) is 0 Å². The summed E-state index contributed by atoms with van der Waals surface area (Å²) in [4.78, 5) is 11.1. The summed E-state index contributed by atoms with van der Waals surface area (Å²) in [6.07, 6.45) is 2.50. The van der Waals surface area contributed by atoms with E-state index in [0.717, 1.165) is 6.26 Å². The maximum atomic E-state index is 11.1. The van der Waals surface area contributed by atoms with Crippen molar-refractivity contribution in [3.05, 3.63) is 29.8 Å². The minimum Gasteiger partial charge on any atom is -0.366 e. The first-order valence-corrected chi connectivity index (χ1v) is 8.97. The summed E-state index contributed by atoms with van der Waals surface area (Å²) in [5.41, 5.74) is 6.28. The largest absolute Gasteiger partial charge is 0.366 e. The predicted octanol–water partition coefficient (Wildman–Crippen LogP) is 0.152. The fourth-order valence-corrected chi connectivity index (χ4v) is 3.32. The third-order valence-electron chi connectivity index (χ3n) is 3.26. The Labute approximate surface area is 134 Å². The Morgan fingerprint density at radius 2 is 2.00 bits per heavy atom. The maximum Gasteiger partial charge on any atom is 0.248 e. The van der Waals surface area contributed by atoms with Gasteiger partial charge in [-0.3, -0.25) is 4.79 Å². The molecule has 0 spiro atoms. The molecule has 0 aromatic heterocycles. The van der Waals surface area contributed by atoms with Gasteiger partial charge in [0.25, 0.3) is 0 Å². The molecule has 1 aliphatic rings. The fraction of sp³-hybridized carbons (Fsp3) is 0.385. The fourth-order valence-electron chi connectivity index (χ4n) is 2.24. The molecule has 1 aromatic rings. The summed E-state index contributed by atoms with van der Waals surface area (Å²) < 4.78 is 24.7. The summed E-state index contributed by atoms with van der Waals surface area (Å²) in [6, 6.07) is 6.80. The van der Waals surface area contributed by atoms with E-state index < -0.39 is 15.9 Å². The molecule has 1 amide bonds. The minimum absolute atomic E-state index is 0.0477. The standard InChI is InChI=1S/C13H18N4O3S2/c1-22(19,20)17-11-6-10(7-11)16-13(21)15-9-4-2-3-8(5-9)12(14)18/h2-5,10-11,17H,6-7H2,1H3,(H2,14,18)(H2,15,16,21). The SMILES string of the molecule is CS(=O)(=O)NC1CC(NC(=S)Nc2cccc(C(N)=O)c2)C1. The lowest BCUT2D eigenvalue weighted by Gasteiger charge is -2.36. The highest BCUT2D eigenvalue weighted by Crippen LogP contribution is 2.20. The Hall–Kier alpha value is -1.71. The minimum atomic E-state index is -3.17. The van der Waals surface area contributed by atoms with Gasteiger partial charge in [-0.2, -0.15) is 0 Å². The van der Waals surface area contributed by atoms with Gasteiger partial charge >= 0.3 is 0 Å². The van der Waals surface area contributed by atoms with Gasteiger partial charge in [-0.05, 0) is 43.3 Å². The molecular formula is C13H18N4O3S2. The molecule has 1 fully saturated rings. The molecular weight excluding hydrogens is 324 g/mol. The van der Waals surface area contributed by atoms with Gasteiger partial charge in [0, 0.05) is 23.3 Å². The number of nitrogens with two attached hydrogens (primary N) is 1. The molecule has 2 rings (SSSR count). The van der Waals surface area contributed by atoms with Crippen molar-refractivity contribution in [2.24, 2.45) is 5.73 Å². The first-order valence-electron chi connectivity index (χ1n) is 6.67. The highest BCUT2D eigenvalue weighted by Gasteiger charge is 2.31. The Balaban J connectivity index is 1.80. The summed E-state index contributed by atoms with van der Waals surface area (Å²) in [5, 5.41) is 6.49. The third-order valence-corrected chi connectivity index (χ3v) is 4.24. The van der Waals surface area contributed by atoms with E-state index >= 15 is 0 Å². The van der Waals surface area contributed by atoms with Crippen LogP contribution in [-0.2, 0) is 10.0 Å². The zero-order valence-corrected chi connectivity index (χ0v) is 13.6. The van der Waals surface area contributed by atoms with Crippen molar-refractivity contribution in [1.82, 2.24) is 10.0 Å². The molecule has 7 nitrogen and oxygen atoms in total. The predicted molar refractivity (Wildman–Crippen MR) is 89.1 cm³/mol. The Morgan fingerprint density at radius 3 is 2.59 bits per heavy atom. The van der Waals surface area contributed by atoms with Crippen molar-refractivity contribution >= 4 is 38.9 Å². The summed E-state index contributed by atoms with van der Waals surface area (Å²) >= 11 is 5.19. The van der Waals surface area contributed by atoms with Gasteiger partial charge in [0.1, 0.15) is 0 Å². The Morgan fingerprint density at radius 1 is 1.32 bits per heavy atom. The van der Waals surface area contributed by atoms with Crippen LogP contribution in [0.4, 0.5) is 5.69 Å². The lowest BCUT2D eigenvalue weighted by molar-refractivity contribution is 0.100. The monoisotopic (exact) mass is 342 g/mol. The second kappa shape index (κ2) is 6.59. The molecule has 0 atom stereocenters. The smallest absolute Gasteiger partial charge is 0.248 e. The molecule has 120 valence electrons. The first-order chi connectivity index (χ1) is 10.2. The molecule has 0 unspecified atom stereocenters. The number of rotatable bonds is 5. The molecule has 9 heteroatoms. The molecule has 0 bridgehead atoms. The molecule has 1 saturated carbocycles. The Bertz CT molecular complexity index is 684. The van der Waals surface area contributed by atoms with Crippen molar-refractivity contribution in [2.75, 3.05) is 11.6 Å². The van der Waals surface area contributed by atoms with E-state index in [1.54, 1.807) is 24.3 Å². The number of carbonyl (C=O) groups is 1. The van der Waals surface area contributed by atoms with Crippen LogP contribution in [0.1, 0.15) is 23.2 Å². The van der Waals surface area contributed by atoms with Crippen LogP contribution in [-0.4, -0.2) is 37.8 Å². The molecule has 0 aliphatic heterocycles. The van der Waals surface area contributed by atoms with E-state index in [1.165, 1.54) is 0 Å². The summed E-state index contributed by atoms with van der Waals surface area (Å²) in [5.74, 6) is -0.504. The number of amides is 1. The van der Waals surface area contributed by atoms with E-state index in [0.29, 0.717) is 29.2 Å². The van der Waals surface area contributed by atoms with Crippen LogP contribution in [0.3, 0.4) is 0 Å². The average molecular weight is 342 g/mol. The van der Waals surface area contributed by atoms with Gasteiger partial charge in [-0.25, -0.2) is 13.1 Å². The highest BCUT2D eigenvalue weighted by atomic mass is 32.2. The van der Waals surface area contributed by atoms with Crippen molar-refractivity contribution in [2.45, 2.75) is 24.9 Å². The van der Waals surface area contributed by atoms with Gasteiger partial charge < -0.3 is 16.4 Å². The normalized spacial score (nSPS) is 20.8. The van der Waals surface area contributed by atoms with E-state index in [9.17, 15) is 13.2 Å². The lowest BCUT2D eigenvalue weighted by atomic mass is 9.88. The maximum absolute atomic E-state index is 11.1. The third kappa shape index (κ3) is 4.93. The zero-order chi connectivity index (χ0) is 16.3. The molecule has 1 aromatic carbocycles. The van der Waals surface area contributed by atoms with Gasteiger partial charge in [-0.15, -0.1) is 0 Å². The van der Waals surface area contributed by atoms with Crippen LogP contribution in [0.25, 0.3) is 0 Å². The van der Waals surface area contributed by atoms with Gasteiger partial charge in [0.15, 0.2) is 5.11 Å². The van der Waals surface area contributed by atoms with Gasteiger partial charge in [-0.1, -0.05) is 6.07 Å². The quantitative estimate of drug-likeness (QED) is 0.567. The number of anilines is 1. The van der Waals surface area contributed by atoms with Crippen LogP contribution in [0.2, 0.25) is 0 Å². The zero-order valence-electron chi connectivity index (χ0n) is 12.0. The van der Waals surface area contributed by atoms with Gasteiger partial charge in [0.05, 0.1) is 6.26 Å². The van der Waals surface area contributed by atoms with Crippen molar-refractivity contribution in [3.63, 3.8) is 0 Å². The molecule has 0 heterocycles. The van der Waals surface area contributed by atoms with Gasteiger partial charge in [0.2, 0.25) is 15.9 Å². The average Bonchev–Trinajstić information content (AvgIpc) is 2.34. The van der Waals surface area contributed by atoms with Crippen molar-refractivity contribution in [3.8, 4) is 0 Å². The van der Waals surface area contributed by atoms with E-state index in [-0.39, 0.29) is 12.1 Å². The topological polar surface area (TPSA) is 113 Å². The van der Waals surface area contributed by atoms with Crippen LogP contribution in [0.5, 0.6) is 0 Å². The number of sulfonamides is 1. The number of nitrogens with one attached hydrogen (secondary N) is 3. The lowest BCUT2D eigenvalue weighted by Crippen LogP contribution is -2.54. The number of thiocarbonyl (C=S) groups is 1. The second-order valence-corrected chi connectivity index (χ2v) is 7.49. The number of hydrogen-bond donors (Lipinski definition) is 4. The summed E-state index contributed by atoms with van der Waals surface area (Å²) in [6.45, 7) is 0. The van der Waals surface area contributed by atoms with E-state index in [2.05, 4.69) is 15.4 Å². The molecule has 0 saturated heterocycles. The first kappa shape index (κ1) is 16.7. The van der Waals surface area contributed by atoms with Crippen LogP contribution >= 0.6 is 12.2 Å².